The summed E-state index contributed by atoms with van der Waals surface area (Å²) in [6.07, 6.45) is 4.77. The van der Waals surface area contributed by atoms with Crippen molar-refractivity contribution in [3.63, 3.8) is 0 Å². The minimum Gasteiger partial charge on any atom is -0.366 e. The number of benzene rings is 1. The lowest BCUT2D eigenvalue weighted by Crippen LogP contribution is -2.50. The van der Waals surface area contributed by atoms with E-state index in [-0.39, 0.29) is 18.1 Å². The van der Waals surface area contributed by atoms with E-state index in [1.54, 1.807) is 4.90 Å². The second-order valence-corrected chi connectivity index (χ2v) is 6.86. The number of pyridine rings is 2. The highest BCUT2D eigenvalue weighted by Gasteiger charge is 2.23. The molecule has 0 radical (unpaired) electrons. The molecule has 1 aliphatic rings. The molecule has 1 aromatic carbocycles. The second-order valence-electron chi connectivity index (χ2n) is 6.86. The lowest BCUT2D eigenvalue weighted by molar-refractivity contribution is -0.385. The van der Waals surface area contributed by atoms with Crippen LogP contribution in [0.2, 0.25) is 0 Å². The molecule has 9 heteroatoms. The van der Waals surface area contributed by atoms with Gasteiger partial charge in [-0.3, -0.25) is 29.3 Å². The third-order valence-corrected chi connectivity index (χ3v) is 5.10. The quantitative estimate of drug-likeness (QED) is 0.493. The topological polar surface area (TPSA) is 102 Å². The third kappa shape index (κ3) is 3.79. The molecule has 3 aromatic rings. The first-order chi connectivity index (χ1) is 14.0. The minimum atomic E-state index is -0.586. The van der Waals surface area contributed by atoms with Crippen LogP contribution < -0.4 is 10.5 Å². The van der Waals surface area contributed by atoms with Crippen LogP contribution in [0.15, 0.2) is 59.8 Å². The molecular formula is C20H19N5O4. The predicted molar refractivity (Wildman–Crippen MR) is 108 cm³/mol. The van der Waals surface area contributed by atoms with Crippen LogP contribution in [0, 0.1) is 10.1 Å². The van der Waals surface area contributed by atoms with Crippen molar-refractivity contribution in [2.75, 3.05) is 31.1 Å². The number of carbonyl (C=O) groups excluding carboxylic acids is 1. The van der Waals surface area contributed by atoms with Crippen molar-refractivity contribution in [3.05, 3.63) is 75.5 Å². The fourth-order valence-electron chi connectivity index (χ4n) is 3.55. The van der Waals surface area contributed by atoms with Crippen LogP contribution >= 0.6 is 0 Å². The van der Waals surface area contributed by atoms with Gasteiger partial charge in [0.25, 0.3) is 11.2 Å². The standard InChI is InChI=1S/C20H19N5O4/c26-19-6-5-16(25(28)29)13-24(19)14-20(27)23-9-7-22(8-10-23)18-12-21-11-15-3-1-2-4-17(15)18/h1-6,11-13H,7-10,14H2. The van der Waals surface area contributed by atoms with Gasteiger partial charge in [-0.05, 0) is 0 Å². The van der Waals surface area contributed by atoms with Crippen LogP contribution in [-0.2, 0) is 11.3 Å². The zero-order chi connectivity index (χ0) is 20.4. The fraction of sp³-hybridized carbons (Fsp3) is 0.250. The molecule has 0 unspecified atom stereocenters. The number of anilines is 1. The monoisotopic (exact) mass is 393 g/mol. The maximum Gasteiger partial charge on any atom is 0.285 e. The highest BCUT2D eigenvalue weighted by molar-refractivity contribution is 5.93. The highest BCUT2D eigenvalue weighted by atomic mass is 16.6. The van der Waals surface area contributed by atoms with E-state index in [1.165, 1.54) is 0 Å². The molecular weight excluding hydrogens is 374 g/mol. The minimum absolute atomic E-state index is 0.212. The van der Waals surface area contributed by atoms with Gasteiger partial charge in [0.2, 0.25) is 5.91 Å². The first-order valence-corrected chi connectivity index (χ1v) is 9.23. The lowest BCUT2D eigenvalue weighted by atomic mass is 10.1. The summed E-state index contributed by atoms with van der Waals surface area (Å²) in [5.74, 6) is -0.233. The zero-order valence-electron chi connectivity index (χ0n) is 15.6. The third-order valence-electron chi connectivity index (χ3n) is 5.10. The largest absolute Gasteiger partial charge is 0.366 e. The molecule has 1 amide bonds. The van der Waals surface area contributed by atoms with Crippen molar-refractivity contribution in [1.29, 1.82) is 0 Å². The SMILES string of the molecule is O=C(Cn1cc([N+](=O)[O-])ccc1=O)N1CCN(c2cncc3ccccc23)CC1. The molecule has 0 aliphatic carbocycles. The van der Waals surface area contributed by atoms with Crippen molar-refractivity contribution in [2.45, 2.75) is 6.54 Å². The van der Waals surface area contributed by atoms with Gasteiger partial charge < -0.3 is 9.80 Å². The van der Waals surface area contributed by atoms with Crippen LogP contribution in [0.1, 0.15) is 0 Å². The van der Waals surface area contributed by atoms with Crippen LogP contribution in [0.25, 0.3) is 10.8 Å². The van der Waals surface area contributed by atoms with E-state index in [4.69, 9.17) is 0 Å². The van der Waals surface area contributed by atoms with E-state index in [0.29, 0.717) is 26.2 Å². The Morgan fingerprint density at radius 2 is 1.83 bits per heavy atom. The molecule has 0 saturated carbocycles. The second kappa shape index (κ2) is 7.70. The van der Waals surface area contributed by atoms with Gasteiger partial charge in [0.05, 0.1) is 23.0 Å². The summed E-state index contributed by atoms with van der Waals surface area (Å²) < 4.78 is 1.08. The van der Waals surface area contributed by atoms with Crippen LogP contribution in [0.5, 0.6) is 0 Å². The number of nitro groups is 1. The summed E-state index contributed by atoms with van der Waals surface area (Å²) in [6, 6.07) is 10.3. The number of nitrogens with zero attached hydrogens (tertiary/aromatic N) is 5. The van der Waals surface area contributed by atoms with Crippen molar-refractivity contribution in [2.24, 2.45) is 0 Å². The molecule has 4 rings (SSSR count). The smallest absolute Gasteiger partial charge is 0.285 e. The molecule has 3 heterocycles. The number of amides is 1. The van der Waals surface area contributed by atoms with Gasteiger partial charge in [0, 0.05) is 55.3 Å². The lowest BCUT2D eigenvalue weighted by Gasteiger charge is -2.36. The maximum absolute atomic E-state index is 12.6. The van der Waals surface area contributed by atoms with E-state index in [1.807, 2.05) is 30.6 Å². The van der Waals surface area contributed by atoms with E-state index in [0.717, 1.165) is 39.4 Å². The Hall–Kier alpha value is -3.75. The van der Waals surface area contributed by atoms with Gasteiger partial charge in [-0.2, -0.15) is 0 Å². The van der Waals surface area contributed by atoms with Gasteiger partial charge in [-0.15, -0.1) is 0 Å². The number of rotatable bonds is 4. The van der Waals surface area contributed by atoms with Crippen LogP contribution in [0.4, 0.5) is 11.4 Å². The summed E-state index contributed by atoms with van der Waals surface area (Å²) in [7, 11) is 0. The van der Waals surface area contributed by atoms with Gasteiger partial charge in [-0.25, -0.2) is 0 Å². The first-order valence-electron chi connectivity index (χ1n) is 9.23. The summed E-state index contributed by atoms with van der Waals surface area (Å²) >= 11 is 0. The molecule has 0 spiro atoms. The molecule has 0 bridgehead atoms. The highest BCUT2D eigenvalue weighted by Crippen LogP contribution is 2.26. The molecule has 29 heavy (non-hydrogen) atoms. The molecule has 1 aliphatic heterocycles. The van der Waals surface area contributed by atoms with E-state index < -0.39 is 10.5 Å². The van der Waals surface area contributed by atoms with Crippen molar-refractivity contribution in [1.82, 2.24) is 14.5 Å². The Bertz CT molecular complexity index is 1130. The van der Waals surface area contributed by atoms with E-state index in [2.05, 4.69) is 16.0 Å². The first kappa shape index (κ1) is 18.6. The van der Waals surface area contributed by atoms with Gasteiger partial charge >= 0.3 is 0 Å². The number of piperazine rings is 1. The van der Waals surface area contributed by atoms with Gasteiger partial charge in [0.15, 0.2) is 0 Å². The van der Waals surface area contributed by atoms with Crippen molar-refractivity contribution < 1.29 is 9.72 Å². The normalized spacial score (nSPS) is 14.2. The summed E-state index contributed by atoms with van der Waals surface area (Å²) in [4.78, 5) is 43.1. The van der Waals surface area contributed by atoms with Gasteiger partial charge in [0.1, 0.15) is 6.54 Å². The molecule has 0 N–H and O–H groups in total. The number of hydrogen-bond donors (Lipinski definition) is 0. The molecule has 0 atom stereocenters. The molecule has 2 aromatic heterocycles. The average Bonchev–Trinajstić information content (AvgIpc) is 2.75. The average molecular weight is 393 g/mol. The number of fused-ring (bicyclic) bond motifs is 1. The summed E-state index contributed by atoms with van der Waals surface area (Å²) in [6.45, 7) is 2.09. The van der Waals surface area contributed by atoms with E-state index >= 15 is 0 Å². The Morgan fingerprint density at radius 1 is 1.07 bits per heavy atom. The van der Waals surface area contributed by atoms with Crippen LogP contribution in [-0.4, -0.2) is 51.5 Å². The maximum atomic E-state index is 12.6. The molecule has 9 nitrogen and oxygen atoms in total. The number of aromatic nitrogens is 2. The number of carbonyl (C=O) groups is 1. The van der Waals surface area contributed by atoms with Crippen molar-refractivity contribution >= 4 is 28.1 Å². The number of hydrogen-bond acceptors (Lipinski definition) is 6. The van der Waals surface area contributed by atoms with Crippen LogP contribution in [0.3, 0.4) is 0 Å². The van der Waals surface area contributed by atoms with Crippen molar-refractivity contribution in [3.8, 4) is 0 Å². The Kier molecular flexibility index (Phi) is 4.94. The fourth-order valence-corrected chi connectivity index (χ4v) is 3.55. The Morgan fingerprint density at radius 3 is 2.59 bits per heavy atom. The predicted octanol–water partition coefficient (Wildman–Crippen LogP) is 1.65. The summed E-state index contributed by atoms with van der Waals surface area (Å²) in [5.41, 5.74) is 0.375. The van der Waals surface area contributed by atoms with Gasteiger partial charge in [-0.1, -0.05) is 24.3 Å². The molecule has 148 valence electrons. The Labute approximate surface area is 165 Å². The Balaban J connectivity index is 1.45. The molecule has 1 fully saturated rings. The zero-order valence-corrected chi connectivity index (χ0v) is 15.6. The molecule has 1 saturated heterocycles. The van der Waals surface area contributed by atoms with E-state index in [9.17, 15) is 19.7 Å². The summed E-state index contributed by atoms with van der Waals surface area (Å²) in [5, 5.41) is 13.1.